The number of hydrogen-bond acceptors (Lipinski definition) is 4. The number of nitrogens with zero attached hydrogens (tertiary/aromatic N) is 2. The van der Waals surface area contributed by atoms with Gasteiger partial charge in [-0.25, -0.2) is 0 Å². The fraction of sp³-hybridized carbons (Fsp3) is 0.667. The zero-order chi connectivity index (χ0) is 19.5. The maximum atomic E-state index is 12.4. The third-order valence-electron chi connectivity index (χ3n) is 5.15. The lowest BCUT2D eigenvalue weighted by Crippen LogP contribution is -2.41. The zero-order valence-corrected chi connectivity index (χ0v) is 17.2. The predicted molar refractivity (Wildman–Crippen MR) is 109 cm³/mol. The van der Waals surface area contributed by atoms with Gasteiger partial charge >= 0.3 is 0 Å². The number of amides is 1. The van der Waals surface area contributed by atoms with E-state index >= 15 is 0 Å². The van der Waals surface area contributed by atoms with Crippen molar-refractivity contribution in [3.63, 3.8) is 0 Å². The van der Waals surface area contributed by atoms with Gasteiger partial charge in [0.25, 0.3) is 0 Å². The van der Waals surface area contributed by atoms with Gasteiger partial charge in [0.05, 0.1) is 19.1 Å². The number of hydrogen-bond donors (Lipinski definition) is 1. The largest absolute Gasteiger partial charge is 0.395 e. The van der Waals surface area contributed by atoms with Crippen LogP contribution in [0.15, 0.2) is 24.3 Å². The SMILES string of the molecule is CCN(CCO)CCCCOC1CCN(C(=O)Cc2ccc(Cl)cc2)CC1. The third-order valence-corrected chi connectivity index (χ3v) is 5.40. The Bertz CT molecular complexity index is 545. The van der Waals surface area contributed by atoms with Gasteiger partial charge in [-0.3, -0.25) is 4.79 Å². The summed E-state index contributed by atoms with van der Waals surface area (Å²) in [4.78, 5) is 16.6. The molecule has 0 radical (unpaired) electrons. The molecule has 0 atom stereocenters. The van der Waals surface area contributed by atoms with Crippen molar-refractivity contribution in [1.82, 2.24) is 9.80 Å². The fourth-order valence-electron chi connectivity index (χ4n) is 3.42. The van der Waals surface area contributed by atoms with E-state index in [4.69, 9.17) is 21.4 Å². The fourth-order valence-corrected chi connectivity index (χ4v) is 3.54. The summed E-state index contributed by atoms with van der Waals surface area (Å²) in [6, 6.07) is 7.48. The first-order chi connectivity index (χ1) is 13.1. The van der Waals surface area contributed by atoms with Crippen LogP contribution in [0.2, 0.25) is 5.02 Å². The summed E-state index contributed by atoms with van der Waals surface area (Å²) in [5.41, 5.74) is 1.00. The topological polar surface area (TPSA) is 53.0 Å². The molecular formula is C21H33ClN2O3. The van der Waals surface area contributed by atoms with Gasteiger partial charge in [-0.15, -0.1) is 0 Å². The molecule has 0 aliphatic carbocycles. The van der Waals surface area contributed by atoms with Crippen molar-refractivity contribution in [1.29, 1.82) is 0 Å². The van der Waals surface area contributed by atoms with Crippen molar-refractivity contribution in [3.05, 3.63) is 34.9 Å². The molecule has 0 unspecified atom stereocenters. The van der Waals surface area contributed by atoms with Gasteiger partial charge in [0.15, 0.2) is 0 Å². The minimum absolute atomic E-state index is 0.180. The molecule has 6 heteroatoms. The van der Waals surface area contributed by atoms with Crippen LogP contribution in [0.1, 0.15) is 38.2 Å². The van der Waals surface area contributed by atoms with Crippen LogP contribution in [0, 0.1) is 0 Å². The normalized spacial score (nSPS) is 15.5. The maximum absolute atomic E-state index is 12.4. The van der Waals surface area contributed by atoms with Crippen LogP contribution in [0.3, 0.4) is 0 Å². The molecule has 5 nitrogen and oxygen atoms in total. The van der Waals surface area contributed by atoms with E-state index in [0.29, 0.717) is 11.4 Å². The molecular weight excluding hydrogens is 364 g/mol. The number of aliphatic hydroxyl groups is 1. The van der Waals surface area contributed by atoms with Crippen molar-refractivity contribution in [3.8, 4) is 0 Å². The molecule has 1 aliphatic heterocycles. The molecule has 1 N–H and O–H groups in total. The molecule has 1 heterocycles. The second-order valence-corrected chi connectivity index (χ2v) is 7.56. The van der Waals surface area contributed by atoms with Crippen molar-refractivity contribution in [2.45, 2.75) is 45.1 Å². The number of unbranched alkanes of at least 4 members (excludes halogenated alkanes) is 1. The van der Waals surface area contributed by atoms with E-state index in [2.05, 4.69) is 11.8 Å². The minimum Gasteiger partial charge on any atom is -0.395 e. The van der Waals surface area contributed by atoms with Gasteiger partial charge in [-0.2, -0.15) is 0 Å². The summed E-state index contributed by atoms with van der Waals surface area (Å²) in [7, 11) is 0. The number of carbonyl (C=O) groups is 1. The quantitative estimate of drug-likeness (QED) is 0.584. The molecule has 0 saturated carbocycles. The Kier molecular flexibility index (Phi) is 10.1. The number of carbonyl (C=O) groups excluding carboxylic acids is 1. The number of benzene rings is 1. The number of halogens is 1. The Morgan fingerprint density at radius 3 is 2.56 bits per heavy atom. The summed E-state index contributed by atoms with van der Waals surface area (Å²) in [6.07, 6.45) is 4.66. The highest BCUT2D eigenvalue weighted by Crippen LogP contribution is 2.16. The van der Waals surface area contributed by atoms with Gasteiger partial charge < -0.3 is 19.6 Å². The lowest BCUT2D eigenvalue weighted by Gasteiger charge is -2.32. The van der Waals surface area contributed by atoms with E-state index < -0.39 is 0 Å². The molecule has 1 aromatic rings. The Balaban J connectivity index is 1.58. The molecule has 1 amide bonds. The number of likely N-dealkylation sites (N-methyl/N-ethyl adjacent to an activating group) is 1. The van der Waals surface area contributed by atoms with E-state index in [-0.39, 0.29) is 18.6 Å². The number of piperidine rings is 1. The first kappa shape index (κ1) is 22.2. The van der Waals surface area contributed by atoms with Gasteiger partial charge in [0.2, 0.25) is 5.91 Å². The molecule has 1 fully saturated rings. The molecule has 152 valence electrons. The van der Waals surface area contributed by atoms with E-state index in [9.17, 15) is 4.79 Å². The summed E-state index contributed by atoms with van der Waals surface area (Å²) in [5, 5.41) is 9.69. The number of aliphatic hydroxyl groups excluding tert-OH is 1. The molecule has 1 saturated heterocycles. The second-order valence-electron chi connectivity index (χ2n) is 7.12. The highest BCUT2D eigenvalue weighted by Gasteiger charge is 2.23. The molecule has 0 spiro atoms. The molecule has 2 rings (SSSR count). The van der Waals surface area contributed by atoms with Gasteiger partial charge in [0.1, 0.15) is 0 Å². The number of rotatable bonds is 11. The second kappa shape index (κ2) is 12.3. The third kappa shape index (κ3) is 8.18. The van der Waals surface area contributed by atoms with Gasteiger partial charge in [0, 0.05) is 31.3 Å². The molecule has 1 aliphatic rings. The van der Waals surface area contributed by atoms with Crippen LogP contribution in [-0.4, -0.2) is 72.9 Å². The highest BCUT2D eigenvalue weighted by atomic mass is 35.5. The standard InChI is InChI=1S/C21H33ClN2O3/c1-2-23(14-15-25)11-3-4-16-27-20-9-12-24(13-10-20)21(26)17-18-5-7-19(22)8-6-18/h5-8,20,25H,2-4,9-17H2,1H3. The number of ether oxygens (including phenoxy) is 1. The van der Waals surface area contributed by atoms with Crippen LogP contribution in [-0.2, 0) is 16.0 Å². The lowest BCUT2D eigenvalue weighted by atomic mass is 10.1. The van der Waals surface area contributed by atoms with E-state index in [0.717, 1.165) is 70.6 Å². The Morgan fingerprint density at radius 1 is 1.22 bits per heavy atom. The van der Waals surface area contributed by atoms with Crippen LogP contribution < -0.4 is 0 Å². The van der Waals surface area contributed by atoms with Crippen LogP contribution in [0.4, 0.5) is 0 Å². The number of likely N-dealkylation sites (tertiary alicyclic amines) is 1. The Morgan fingerprint density at radius 2 is 1.93 bits per heavy atom. The average molecular weight is 397 g/mol. The lowest BCUT2D eigenvalue weighted by molar-refractivity contribution is -0.133. The van der Waals surface area contributed by atoms with Crippen molar-refractivity contribution < 1.29 is 14.6 Å². The van der Waals surface area contributed by atoms with E-state index in [1.807, 2.05) is 29.2 Å². The molecule has 27 heavy (non-hydrogen) atoms. The van der Waals surface area contributed by atoms with Crippen molar-refractivity contribution >= 4 is 17.5 Å². The summed E-state index contributed by atoms with van der Waals surface area (Å²) in [5.74, 6) is 0.180. The average Bonchev–Trinajstić information content (AvgIpc) is 2.69. The first-order valence-electron chi connectivity index (χ1n) is 10.1. The van der Waals surface area contributed by atoms with Crippen molar-refractivity contribution in [2.24, 2.45) is 0 Å². The first-order valence-corrected chi connectivity index (χ1v) is 10.5. The van der Waals surface area contributed by atoms with Crippen LogP contribution in [0.25, 0.3) is 0 Å². The minimum atomic E-state index is 0.180. The maximum Gasteiger partial charge on any atom is 0.226 e. The van der Waals surface area contributed by atoms with Gasteiger partial charge in [-0.1, -0.05) is 30.7 Å². The van der Waals surface area contributed by atoms with Crippen LogP contribution in [0.5, 0.6) is 0 Å². The smallest absolute Gasteiger partial charge is 0.226 e. The summed E-state index contributed by atoms with van der Waals surface area (Å²) < 4.78 is 6.00. The molecule has 0 aromatic heterocycles. The molecule has 0 bridgehead atoms. The summed E-state index contributed by atoms with van der Waals surface area (Å²) in [6.45, 7) is 7.41. The zero-order valence-electron chi connectivity index (χ0n) is 16.4. The molecule has 1 aromatic carbocycles. The highest BCUT2D eigenvalue weighted by molar-refractivity contribution is 6.30. The van der Waals surface area contributed by atoms with E-state index in [1.54, 1.807) is 0 Å². The monoisotopic (exact) mass is 396 g/mol. The Labute approximate surface area is 168 Å². The van der Waals surface area contributed by atoms with Crippen LogP contribution >= 0.6 is 11.6 Å². The predicted octanol–water partition coefficient (Wildman–Crippen LogP) is 2.98. The van der Waals surface area contributed by atoms with Crippen molar-refractivity contribution in [2.75, 3.05) is 45.9 Å². The van der Waals surface area contributed by atoms with E-state index in [1.165, 1.54) is 0 Å². The Hall–Kier alpha value is -1.14. The summed E-state index contributed by atoms with van der Waals surface area (Å²) >= 11 is 5.89. The van der Waals surface area contributed by atoms with Gasteiger partial charge in [-0.05, 0) is 56.5 Å².